The van der Waals surface area contributed by atoms with E-state index in [-0.39, 0.29) is 23.8 Å². The highest BCUT2D eigenvalue weighted by molar-refractivity contribution is 5.94. The quantitative estimate of drug-likeness (QED) is 0.292. The fraction of sp³-hybridized carbons (Fsp3) is 0.400. The maximum absolute atomic E-state index is 13.8. The molecule has 0 saturated carbocycles. The van der Waals surface area contributed by atoms with Crippen molar-refractivity contribution in [3.63, 3.8) is 0 Å². The highest BCUT2D eigenvalue weighted by Gasteiger charge is 2.27. The first kappa shape index (κ1) is 27.5. The van der Waals surface area contributed by atoms with Crippen LogP contribution in [0.3, 0.4) is 0 Å². The third-order valence-corrected chi connectivity index (χ3v) is 7.31. The third-order valence-electron chi connectivity index (χ3n) is 7.31. The zero-order valence-corrected chi connectivity index (χ0v) is 23.1. The molecule has 10 heteroatoms. The van der Waals surface area contributed by atoms with Crippen LogP contribution >= 0.6 is 0 Å². The van der Waals surface area contributed by atoms with E-state index in [9.17, 15) is 9.18 Å². The molecule has 2 saturated heterocycles. The average molecular weight is 545 g/mol. The summed E-state index contributed by atoms with van der Waals surface area (Å²) in [4.78, 5) is 31.2. The van der Waals surface area contributed by atoms with E-state index in [1.165, 1.54) is 6.07 Å². The number of halogens is 1. The van der Waals surface area contributed by atoms with Gasteiger partial charge in [-0.1, -0.05) is 18.2 Å². The molecule has 2 aliphatic rings. The van der Waals surface area contributed by atoms with E-state index in [0.29, 0.717) is 18.2 Å². The Labute approximate surface area is 234 Å². The lowest BCUT2D eigenvalue weighted by Gasteiger charge is -2.35. The molecule has 3 N–H and O–H groups in total. The molecule has 3 aromatic rings. The molecule has 0 aliphatic carbocycles. The number of hydrogen-bond acceptors (Lipinski definition) is 6. The minimum atomic E-state index is -0.249. The number of hydrogen-bond donors (Lipinski definition) is 3. The van der Waals surface area contributed by atoms with Gasteiger partial charge in [-0.2, -0.15) is 0 Å². The number of nitrogens with zero attached hydrogens (tertiary/aromatic N) is 5. The van der Waals surface area contributed by atoms with Crippen LogP contribution in [0.1, 0.15) is 44.1 Å². The summed E-state index contributed by atoms with van der Waals surface area (Å²) < 4.78 is 13.8. The summed E-state index contributed by atoms with van der Waals surface area (Å²) in [5, 5.41) is 11.6. The Balaban J connectivity index is 1.19. The van der Waals surface area contributed by atoms with Crippen molar-refractivity contribution in [2.24, 2.45) is 0 Å². The standard InChI is InChI=1S/C30H37FN8O/c1-21(2)34-30(40)20-37-14-16-38(17-15-37)29-10-4-8-24(36-29)25-19-33-28(35-25)12-11-27(32)39-13-5-9-26(39)22-6-3-7-23(31)18-22/h3-4,6-8,10-12,18-19,21,26,32H,5,9,13-17,20H2,1-2H3,(H,33,35)(H,34,40). The number of piperazine rings is 1. The molecular formula is C30H37FN8O. The van der Waals surface area contributed by atoms with E-state index in [4.69, 9.17) is 10.4 Å². The predicted molar refractivity (Wildman–Crippen MR) is 156 cm³/mol. The number of rotatable bonds is 8. The molecule has 0 bridgehead atoms. The Bertz CT molecular complexity index is 1360. The molecule has 1 aromatic carbocycles. The molecule has 0 radical (unpaired) electrons. The van der Waals surface area contributed by atoms with Gasteiger partial charge in [0.1, 0.15) is 23.3 Å². The molecule has 1 unspecified atom stereocenters. The Morgan fingerprint density at radius 2 is 1.98 bits per heavy atom. The molecule has 2 aromatic heterocycles. The first-order chi connectivity index (χ1) is 19.4. The van der Waals surface area contributed by atoms with Crippen LogP contribution in [0.4, 0.5) is 10.2 Å². The van der Waals surface area contributed by atoms with Gasteiger partial charge in [0.05, 0.1) is 30.2 Å². The average Bonchev–Trinajstić information content (AvgIpc) is 3.62. The number of H-pyrrole nitrogens is 1. The summed E-state index contributed by atoms with van der Waals surface area (Å²) in [5.74, 6) is 1.73. The van der Waals surface area contributed by atoms with Crippen LogP contribution in [0, 0.1) is 11.2 Å². The van der Waals surface area contributed by atoms with Crippen molar-refractivity contribution < 1.29 is 9.18 Å². The smallest absolute Gasteiger partial charge is 0.234 e. The number of amidine groups is 1. The van der Waals surface area contributed by atoms with E-state index in [2.05, 4.69) is 25.1 Å². The molecule has 2 fully saturated rings. The SMILES string of the molecule is CC(C)NC(=O)CN1CCN(c2cccc(-c3cnc(C=CC(=N)N4CCCC4c4cccc(F)c4)[nH]3)n2)CC1. The van der Waals surface area contributed by atoms with Gasteiger partial charge in [-0.3, -0.25) is 15.1 Å². The molecule has 1 atom stereocenters. The molecular weight excluding hydrogens is 507 g/mol. The molecule has 4 heterocycles. The minimum absolute atomic E-state index is 0.00557. The summed E-state index contributed by atoms with van der Waals surface area (Å²) in [7, 11) is 0. The number of aromatic nitrogens is 3. The van der Waals surface area contributed by atoms with Crippen molar-refractivity contribution in [1.82, 2.24) is 30.1 Å². The van der Waals surface area contributed by atoms with Gasteiger partial charge in [0.25, 0.3) is 0 Å². The fourth-order valence-corrected chi connectivity index (χ4v) is 5.38. The van der Waals surface area contributed by atoms with Crippen LogP contribution in [0.15, 0.2) is 54.7 Å². The van der Waals surface area contributed by atoms with Crippen LogP contribution in [-0.4, -0.2) is 81.8 Å². The lowest BCUT2D eigenvalue weighted by molar-refractivity contribution is -0.122. The second kappa shape index (κ2) is 12.4. The maximum Gasteiger partial charge on any atom is 0.234 e. The third kappa shape index (κ3) is 6.74. The van der Waals surface area contributed by atoms with Crippen LogP contribution in [0.25, 0.3) is 17.5 Å². The molecule has 0 spiro atoms. The molecule has 2 aliphatic heterocycles. The number of pyridine rings is 1. The Morgan fingerprint density at radius 1 is 1.18 bits per heavy atom. The van der Waals surface area contributed by atoms with Crippen molar-refractivity contribution in [3.8, 4) is 11.4 Å². The number of nitrogens with one attached hydrogen (secondary N) is 3. The van der Waals surface area contributed by atoms with Crippen molar-refractivity contribution in [1.29, 1.82) is 5.41 Å². The molecule has 1 amide bonds. The van der Waals surface area contributed by atoms with Gasteiger partial charge in [-0.15, -0.1) is 0 Å². The van der Waals surface area contributed by atoms with E-state index >= 15 is 0 Å². The maximum atomic E-state index is 13.8. The summed E-state index contributed by atoms with van der Waals surface area (Å²) in [6.45, 7) is 8.35. The topological polar surface area (TPSA) is 104 Å². The lowest BCUT2D eigenvalue weighted by Crippen LogP contribution is -2.50. The predicted octanol–water partition coefficient (Wildman–Crippen LogP) is 4.08. The van der Waals surface area contributed by atoms with Gasteiger partial charge in [-0.05, 0) is 68.7 Å². The zero-order valence-electron chi connectivity index (χ0n) is 23.1. The highest BCUT2D eigenvalue weighted by Crippen LogP contribution is 2.32. The van der Waals surface area contributed by atoms with Gasteiger partial charge < -0.3 is 20.1 Å². The number of imidazole rings is 1. The van der Waals surface area contributed by atoms with Gasteiger partial charge >= 0.3 is 0 Å². The summed E-state index contributed by atoms with van der Waals surface area (Å²) in [6.07, 6.45) is 7.16. The number of carbonyl (C=O) groups excluding carboxylic acids is 1. The van der Waals surface area contributed by atoms with E-state index in [1.807, 2.05) is 43.0 Å². The lowest BCUT2D eigenvalue weighted by atomic mass is 10.0. The second-order valence-electron chi connectivity index (χ2n) is 10.7. The van der Waals surface area contributed by atoms with Crippen LogP contribution in [0.5, 0.6) is 0 Å². The van der Waals surface area contributed by atoms with Crippen LogP contribution < -0.4 is 10.2 Å². The number of amides is 1. The van der Waals surface area contributed by atoms with Crippen molar-refractivity contribution in [2.45, 2.75) is 38.8 Å². The Hall–Kier alpha value is -4.05. The number of benzene rings is 1. The largest absolute Gasteiger partial charge is 0.354 e. The highest BCUT2D eigenvalue weighted by atomic mass is 19.1. The number of aromatic amines is 1. The number of likely N-dealkylation sites (tertiary alicyclic amines) is 1. The summed E-state index contributed by atoms with van der Waals surface area (Å²) in [6, 6.07) is 12.8. The van der Waals surface area contributed by atoms with E-state index in [1.54, 1.807) is 30.5 Å². The number of anilines is 1. The fourth-order valence-electron chi connectivity index (χ4n) is 5.38. The van der Waals surface area contributed by atoms with Crippen molar-refractivity contribution in [2.75, 3.05) is 44.2 Å². The normalized spacial score (nSPS) is 18.1. The van der Waals surface area contributed by atoms with Gasteiger partial charge in [0.2, 0.25) is 5.91 Å². The van der Waals surface area contributed by atoms with Gasteiger partial charge in [0, 0.05) is 38.8 Å². The first-order valence-electron chi connectivity index (χ1n) is 13.9. The van der Waals surface area contributed by atoms with E-state index in [0.717, 1.165) is 68.3 Å². The van der Waals surface area contributed by atoms with Crippen LogP contribution in [-0.2, 0) is 4.79 Å². The number of carbonyl (C=O) groups is 1. The first-order valence-corrected chi connectivity index (χ1v) is 13.9. The summed E-state index contributed by atoms with van der Waals surface area (Å²) in [5.41, 5.74) is 2.50. The monoisotopic (exact) mass is 544 g/mol. The van der Waals surface area contributed by atoms with Crippen LogP contribution in [0.2, 0.25) is 0 Å². The molecule has 40 heavy (non-hydrogen) atoms. The zero-order chi connectivity index (χ0) is 28.1. The van der Waals surface area contributed by atoms with Crippen molar-refractivity contribution >= 4 is 23.6 Å². The molecule has 210 valence electrons. The van der Waals surface area contributed by atoms with E-state index < -0.39 is 0 Å². The van der Waals surface area contributed by atoms with Gasteiger partial charge in [0.15, 0.2) is 0 Å². The van der Waals surface area contributed by atoms with Gasteiger partial charge in [-0.25, -0.2) is 14.4 Å². The van der Waals surface area contributed by atoms with Crippen molar-refractivity contribution in [3.05, 3.63) is 71.9 Å². The Kier molecular flexibility index (Phi) is 8.54. The molecule has 5 rings (SSSR count). The minimum Gasteiger partial charge on any atom is -0.354 e. The molecule has 9 nitrogen and oxygen atoms in total. The second-order valence-corrected chi connectivity index (χ2v) is 10.7. The summed E-state index contributed by atoms with van der Waals surface area (Å²) >= 11 is 0. The Morgan fingerprint density at radius 3 is 2.75 bits per heavy atom.